The van der Waals surface area contributed by atoms with Gasteiger partial charge in [-0.2, -0.15) is 0 Å². The van der Waals surface area contributed by atoms with E-state index >= 15 is 0 Å². The Morgan fingerprint density at radius 1 is 1.33 bits per heavy atom. The molecule has 0 spiro atoms. The summed E-state index contributed by atoms with van der Waals surface area (Å²) < 4.78 is 0. The van der Waals surface area contributed by atoms with Crippen molar-refractivity contribution < 1.29 is 9.90 Å². The molecule has 0 heterocycles. The zero-order chi connectivity index (χ0) is 10.8. The van der Waals surface area contributed by atoms with Crippen molar-refractivity contribution in [1.82, 2.24) is 0 Å². The maximum absolute atomic E-state index is 11.8. The summed E-state index contributed by atoms with van der Waals surface area (Å²) in [5.74, 6) is 0.187. The third kappa shape index (κ3) is 1.82. The number of ketones is 1. The van der Waals surface area contributed by atoms with Crippen LogP contribution in [-0.4, -0.2) is 17.0 Å². The number of aliphatic hydroxyl groups is 1. The van der Waals surface area contributed by atoms with Crippen molar-refractivity contribution in [2.24, 2.45) is 5.92 Å². The summed E-state index contributed by atoms with van der Waals surface area (Å²) in [5, 5.41) is 9.77. The second kappa shape index (κ2) is 4.15. The SMILES string of the molecule is CC[C@@H]1[C@@H](c2ccccc2)C(=O)C[C@@H]1O. The average molecular weight is 204 g/mol. The highest BCUT2D eigenvalue weighted by Crippen LogP contribution is 2.38. The fraction of sp³-hybridized carbons (Fsp3) is 0.462. The Morgan fingerprint density at radius 3 is 2.60 bits per heavy atom. The van der Waals surface area contributed by atoms with E-state index in [2.05, 4.69) is 0 Å². The number of carbonyl (C=O) groups excluding carboxylic acids is 1. The smallest absolute Gasteiger partial charge is 0.143 e. The molecule has 0 radical (unpaired) electrons. The number of aliphatic hydroxyl groups excluding tert-OH is 1. The Hall–Kier alpha value is -1.15. The van der Waals surface area contributed by atoms with Gasteiger partial charge in [0.15, 0.2) is 0 Å². The second-order valence-electron chi connectivity index (χ2n) is 4.20. The number of carbonyl (C=O) groups is 1. The van der Waals surface area contributed by atoms with Gasteiger partial charge in [0, 0.05) is 12.3 Å². The van der Waals surface area contributed by atoms with Crippen LogP contribution >= 0.6 is 0 Å². The molecule has 2 nitrogen and oxygen atoms in total. The number of Topliss-reactive ketones (excluding diaryl/α,β-unsaturated/α-hetero) is 1. The van der Waals surface area contributed by atoms with Gasteiger partial charge < -0.3 is 5.11 Å². The van der Waals surface area contributed by atoms with E-state index in [1.807, 2.05) is 37.3 Å². The minimum absolute atomic E-state index is 0.0915. The van der Waals surface area contributed by atoms with E-state index in [1.165, 1.54) is 0 Å². The molecule has 1 fully saturated rings. The first-order valence-electron chi connectivity index (χ1n) is 5.49. The van der Waals surface area contributed by atoms with E-state index in [0.29, 0.717) is 6.42 Å². The van der Waals surface area contributed by atoms with Gasteiger partial charge in [0.2, 0.25) is 0 Å². The lowest BCUT2D eigenvalue weighted by Crippen LogP contribution is -2.18. The molecule has 80 valence electrons. The predicted molar refractivity (Wildman–Crippen MR) is 58.6 cm³/mol. The molecule has 2 heteroatoms. The number of hydrogen-bond donors (Lipinski definition) is 1. The molecule has 0 aromatic heterocycles. The molecule has 0 saturated heterocycles. The molecule has 1 aromatic rings. The first kappa shape index (κ1) is 10.4. The van der Waals surface area contributed by atoms with Crippen molar-refractivity contribution >= 4 is 5.78 Å². The Labute approximate surface area is 89.9 Å². The van der Waals surface area contributed by atoms with Crippen molar-refractivity contribution in [3.05, 3.63) is 35.9 Å². The van der Waals surface area contributed by atoms with E-state index in [-0.39, 0.29) is 17.6 Å². The highest BCUT2D eigenvalue weighted by molar-refractivity contribution is 5.89. The van der Waals surface area contributed by atoms with Crippen LogP contribution in [0.15, 0.2) is 30.3 Å². The molecular weight excluding hydrogens is 188 g/mol. The summed E-state index contributed by atoms with van der Waals surface area (Å²) >= 11 is 0. The van der Waals surface area contributed by atoms with Crippen LogP contribution in [0.3, 0.4) is 0 Å². The standard InChI is InChI=1S/C13H16O2/c1-2-10-11(14)8-12(15)13(10)9-6-4-3-5-7-9/h3-7,10-11,13-14H,2,8H2,1H3/t10-,11-,13+/m0/s1. The highest BCUT2D eigenvalue weighted by atomic mass is 16.3. The molecule has 1 aliphatic carbocycles. The van der Waals surface area contributed by atoms with Crippen LogP contribution in [0.2, 0.25) is 0 Å². The summed E-state index contributed by atoms with van der Waals surface area (Å²) in [6, 6.07) is 9.78. The zero-order valence-corrected chi connectivity index (χ0v) is 8.89. The van der Waals surface area contributed by atoms with Gasteiger partial charge in [-0.15, -0.1) is 0 Å². The maximum Gasteiger partial charge on any atom is 0.143 e. The quantitative estimate of drug-likeness (QED) is 0.801. The summed E-state index contributed by atoms with van der Waals surface area (Å²) in [4.78, 5) is 11.8. The maximum atomic E-state index is 11.8. The minimum Gasteiger partial charge on any atom is -0.392 e. The van der Waals surface area contributed by atoms with Crippen molar-refractivity contribution in [1.29, 1.82) is 0 Å². The molecule has 15 heavy (non-hydrogen) atoms. The van der Waals surface area contributed by atoms with Gasteiger partial charge in [0.05, 0.1) is 6.10 Å². The molecule has 1 saturated carbocycles. The minimum atomic E-state index is -0.451. The fourth-order valence-corrected chi connectivity index (χ4v) is 2.55. The van der Waals surface area contributed by atoms with Gasteiger partial charge in [-0.25, -0.2) is 0 Å². The molecule has 0 unspecified atom stereocenters. The van der Waals surface area contributed by atoms with E-state index in [4.69, 9.17) is 0 Å². The normalized spacial score (nSPS) is 30.8. The molecule has 1 aromatic carbocycles. The molecule has 3 atom stereocenters. The van der Waals surface area contributed by atoms with E-state index < -0.39 is 6.10 Å². The highest BCUT2D eigenvalue weighted by Gasteiger charge is 2.40. The van der Waals surface area contributed by atoms with Crippen LogP contribution in [0.4, 0.5) is 0 Å². The van der Waals surface area contributed by atoms with Gasteiger partial charge in [-0.3, -0.25) is 4.79 Å². The second-order valence-corrected chi connectivity index (χ2v) is 4.20. The molecule has 2 rings (SSSR count). The first-order valence-corrected chi connectivity index (χ1v) is 5.49. The molecule has 0 aliphatic heterocycles. The van der Waals surface area contributed by atoms with Crippen LogP contribution in [0.25, 0.3) is 0 Å². The van der Waals surface area contributed by atoms with Crippen LogP contribution < -0.4 is 0 Å². The van der Waals surface area contributed by atoms with Crippen molar-refractivity contribution in [2.45, 2.75) is 31.8 Å². The van der Waals surface area contributed by atoms with Gasteiger partial charge in [-0.1, -0.05) is 37.3 Å². The van der Waals surface area contributed by atoms with Crippen molar-refractivity contribution in [2.75, 3.05) is 0 Å². The average Bonchev–Trinajstić information content (AvgIpc) is 2.54. The monoisotopic (exact) mass is 204 g/mol. The van der Waals surface area contributed by atoms with E-state index in [1.54, 1.807) is 0 Å². The Kier molecular flexibility index (Phi) is 2.87. The third-order valence-electron chi connectivity index (χ3n) is 3.31. The Bertz CT molecular complexity index is 345. The summed E-state index contributed by atoms with van der Waals surface area (Å²) in [5.41, 5.74) is 1.05. The molecule has 0 bridgehead atoms. The van der Waals surface area contributed by atoms with Gasteiger partial charge in [-0.05, 0) is 17.9 Å². The lowest BCUT2D eigenvalue weighted by molar-refractivity contribution is -0.119. The molecule has 1 N–H and O–H groups in total. The van der Waals surface area contributed by atoms with E-state index in [0.717, 1.165) is 12.0 Å². The Balaban J connectivity index is 2.31. The van der Waals surface area contributed by atoms with Crippen molar-refractivity contribution in [3.63, 3.8) is 0 Å². The van der Waals surface area contributed by atoms with E-state index in [9.17, 15) is 9.90 Å². The topological polar surface area (TPSA) is 37.3 Å². The molecule has 0 amide bonds. The van der Waals surface area contributed by atoms with Crippen LogP contribution in [0.1, 0.15) is 31.2 Å². The summed E-state index contributed by atoms with van der Waals surface area (Å²) in [6.45, 7) is 2.03. The molecule has 1 aliphatic rings. The third-order valence-corrected chi connectivity index (χ3v) is 3.31. The van der Waals surface area contributed by atoms with Gasteiger partial charge >= 0.3 is 0 Å². The summed E-state index contributed by atoms with van der Waals surface area (Å²) in [7, 11) is 0. The zero-order valence-electron chi connectivity index (χ0n) is 8.89. The van der Waals surface area contributed by atoms with Gasteiger partial charge in [0.25, 0.3) is 0 Å². The Morgan fingerprint density at radius 2 is 2.00 bits per heavy atom. The largest absolute Gasteiger partial charge is 0.392 e. The lowest BCUT2D eigenvalue weighted by atomic mass is 9.86. The predicted octanol–water partition coefficient (Wildman–Crippen LogP) is 2.13. The number of rotatable bonds is 2. The molecular formula is C13H16O2. The number of hydrogen-bond acceptors (Lipinski definition) is 2. The van der Waals surface area contributed by atoms with Crippen molar-refractivity contribution in [3.8, 4) is 0 Å². The van der Waals surface area contributed by atoms with Crippen LogP contribution in [0, 0.1) is 5.92 Å². The first-order chi connectivity index (χ1) is 7.24. The lowest BCUT2D eigenvalue weighted by Gasteiger charge is -2.19. The fourth-order valence-electron chi connectivity index (χ4n) is 2.55. The summed E-state index contributed by atoms with van der Waals surface area (Å²) in [6.07, 6.45) is 0.720. The van der Waals surface area contributed by atoms with Crippen LogP contribution in [0.5, 0.6) is 0 Å². The van der Waals surface area contributed by atoms with Crippen LogP contribution in [-0.2, 0) is 4.79 Å². The number of benzene rings is 1. The van der Waals surface area contributed by atoms with Gasteiger partial charge in [0.1, 0.15) is 5.78 Å².